The smallest absolute Gasteiger partial charge is 0.0303 e. The van der Waals surface area contributed by atoms with Gasteiger partial charge in [-0.1, -0.05) is 0 Å². The van der Waals surface area contributed by atoms with Gasteiger partial charge in [-0.25, -0.2) is 5.01 Å². The van der Waals surface area contributed by atoms with Gasteiger partial charge in [0, 0.05) is 19.6 Å². The lowest BCUT2D eigenvalue weighted by Gasteiger charge is -2.21. The summed E-state index contributed by atoms with van der Waals surface area (Å²) < 4.78 is 0. The maximum atomic E-state index is 5.53. The first kappa shape index (κ1) is 6.01. The van der Waals surface area contributed by atoms with Gasteiger partial charge < -0.3 is 0 Å². The highest BCUT2D eigenvalue weighted by molar-refractivity contribution is 4.67. The summed E-state index contributed by atoms with van der Waals surface area (Å²) >= 11 is 0. The Kier molecular flexibility index (Phi) is 1.51. The predicted molar refractivity (Wildman–Crippen MR) is 32.7 cm³/mol. The van der Waals surface area contributed by atoms with Crippen molar-refractivity contribution in [3.63, 3.8) is 0 Å². The van der Waals surface area contributed by atoms with Crippen LogP contribution in [0.2, 0.25) is 0 Å². The number of hydrazine groups is 2. The lowest BCUT2D eigenvalue weighted by atomic mass is 10.3. The zero-order valence-corrected chi connectivity index (χ0v) is 5.46. The highest BCUT2D eigenvalue weighted by Gasteiger charge is 2.21. The van der Waals surface area contributed by atoms with Gasteiger partial charge >= 0.3 is 0 Å². The molecule has 0 aromatic carbocycles. The lowest BCUT2D eigenvalue weighted by molar-refractivity contribution is 0.0300. The fourth-order valence-corrected chi connectivity index (χ4v) is 0.917. The van der Waals surface area contributed by atoms with Crippen LogP contribution in [0.5, 0.6) is 0 Å². The quantitative estimate of drug-likeness (QED) is 0.444. The molecule has 1 rings (SSSR count). The molecule has 1 saturated heterocycles. The van der Waals surface area contributed by atoms with Crippen molar-refractivity contribution < 1.29 is 0 Å². The van der Waals surface area contributed by atoms with Crippen molar-refractivity contribution in [1.29, 1.82) is 0 Å². The Hall–Kier alpha value is -0.120. The molecule has 1 fully saturated rings. The fourth-order valence-electron chi connectivity index (χ4n) is 0.917. The molecular weight excluding hydrogens is 102 g/mol. The average Bonchev–Trinajstić information content (AvgIpc) is 1.98. The van der Waals surface area contributed by atoms with Crippen LogP contribution in [0.4, 0.5) is 0 Å². The minimum Gasteiger partial charge on any atom is -0.255 e. The molecule has 3 heteroatoms. The third-order valence-electron chi connectivity index (χ3n) is 1.82. The molecule has 1 aliphatic rings. The van der Waals surface area contributed by atoms with Crippen LogP contribution in [0.25, 0.3) is 0 Å². The molecular formula is C5H13N3. The van der Waals surface area contributed by atoms with Crippen LogP contribution in [-0.4, -0.2) is 29.8 Å². The molecule has 48 valence electrons. The lowest BCUT2D eigenvalue weighted by Crippen LogP contribution is -2.41. The molecule has 0 aliphatic carbocycles. The van der Waals surface area contributed by atoms with Gasteiger partial charge in [0.2, 0.25) is 0 Å². The molecule has 8 heavy (non-hydrogen) atoms. The summed E-state index contributed by atoms with van der Waals surface area (Å²) in [6.45, 7) is 3.17. The standard InChI is InChI=1S/C5H13N3/c1-5-3-4-8(6)7(5)2/h5H,3-4,6H2,1-2H3. The van der Waals surface area contributed by atoms with Crippen LogP contribution in [0.1, 0.15) is 13.3 Å². The van der Waals surface area contributed by atoms with Gasteiger partial charge in [0.25, 0.3) is 0 Å². The van der Waals surface area contributed by atoms with Crippen LogP contribution in [0.3, 0.4) is 0 Å². The zero-order valence-electron chi connectivity index (χ0n) is 5.46. The number of nitrogens with two attached hydrogens (primary N) is 1. The number of rotatable bonds is 0. The molecule has 0 aromatic heterocycles. The Bertz CT molecular complexity index is 73.7. The highest BCUT2D eigenvalue weighted by Crippen LogP contribution is 2.10. The second-order valence-electron chi connectivity index (χ2n) is 2.37. The van der Waals surface area contributed by atoms with E-state index in [1.54, 1.807) is 5.12 Å². The van der Waals surface area contributed by atoms with Crippen molar-refractivity contribution in [3.05, 3.63) is 0 Å². The molecule has 1 unspecified atom stereocenters. The molecule has 0 radical (unpaired) electrons. The largest absolute Gasteiger partial charge is 0.255 e. The predicted octanol–water partition coefficient (Wildman–Crippen LogP) is -0.199. The number of hydrogen-bond acceptors (Lipinski definition) is 3. The average molecular weight is 115 g/mol. The van der Waals surface area contributed by atoms with Crippen LogP contribution in [-0.2, 0) is 0 Å². The Morgan fingerprint density at radius 2 is 2.25 bits per heavy atom. The number of hydrogen-bond donors (Lipinski definition) is 1. The topological polar surface area (TPSA) is 32.5 Å². The van der Waals surface area contributed by atoms with Crippen molar-refractivity contribution in [2.75, 3.05) is 13.6 Å². The van der Waals surface area contributed by atoms with E-state index in [0.29, 0.717) is 6.04 Å². The van der Waals surface area contributed by atoms with E-state index in [9.17, 15) is 0 Å². The summed E-state index contributed by atoms with van der Waals surface area (Å²) in [6, 6.07) is 0.625. The van der Waals surface area contributed by atoms with Gasteiger partial charge in [-0.05, 0) is 13.3 Å². The van der Waals surface area contributed by atoms with Crippen molar-refractivity contribution >= 4 is 0 Å². The molecule has 0 aromatic rings. The van der Waals surface area contributed by atoms with Gasteiger partial charge in [0.1, 0.15) is 0 Å². The van der Waals surface area contributed by atoms with Crippen LogP contribution in [0, 0.1) is 0 Å². The summed E-state index contributed by atoms with van der Waals surface area (Å²) in [7, 11) is 2.01. The van der Waals surface area contributed by atoms with Crippen molar-refractivity contribution in [1.82, 2.24) is 10.1 Å². The summed E-state index contributed by atoms with van der Waals surface area (Å²) in [6.07, 6.45) is 1.19. The first-order valence-electron chi connectivity index (χ1n) is 2.97. The Labute approximate surface area is 50.0 Å². The van der Waals surface area contributed by atoms with E-state index >= 15 is 0 Å². The van der Waals surface area contributed by atoms with E-state index in [1.165, 1.54) is 6.42 Å². The molecule has 1 aliphatic heterocycles. The number of nitrogens with zero attached hydrogens (tertiary/aromatic N) is 2. The maximum absolute atomic E-state index is 5.53. The Balaban J connectivity index is 2.44. The second-order valence-corrected chi connectivity index (χ2v) is 2.37. The fraction of sp³-hybridized carbons (Fsp3) is 1.00. The molecule has 3 nitrogen and oxygen atoms in total. The summed E-state index contributed by atoms with van der Waals surface area (Å²) in [5.74, 6) is 5.53. The van der Waals surface area contributed by atoms with Crippen molar-refractivity contribution in [2.45, 2.75) is 19.4 Å². The normalized spacial score (nSPS) is 34.1. The molecule has 0 bridgehead atoms. The van der Waals surface area contributed by atoms with Gasteiger partial charge in [0.05, 0.1) is 0 Å². The third kappa shape index (κ3) is 0.844. The molecule has 0 spiro atoms. The first-order valence-corrected chi connectivity index (χ1v) is 2.97. The highest BCUT2D eigenvalue weighted by atomic mass is 15.8. The van der Waals surface area contributed by atoms with Crippen LogP contribution in [0.15, 0.2) is 0 Å². The van der Waals surface area contributed by atoms with E-state index in [1.807, 2.05) is 7.05 Å². The molecule has 1 atom stereocenters. The van der Waals surface area contributed by atoms with Crippen LogP contribution < -0.4 is 5.84 Å². The summed E-state index contributed by atoms with van der Waals surface area (Å²) in [5, 5.41) is 3.81. The molecule has 0 saturated carbocycles. The van der Waals surface area contributed by atoms with E-state index in [4.69, 9.17) is 5.84 Å². The molecule has 0 amide bonds. The van der Waals surface area contributed by atoms with E-state index in [-0.39, 0.29) is 0 Å². The van der Waals surface area contributed by atoms with E-state index in [0.717, 1.165) is 6.54 Å². The second kappa shape index (κ2) is 2.01. The Morgan fingerprint density at radius 1 is 1.62 bits per heavy atom. The van der Waals surface area contributed by atoms with E-state index in [2.05, 4.69) is 11.9 Å². The molecule has 1 heterocycles. The van der Waals surface area contributed by atoms with Gasteiger partial charge in [-0.3, -0.25) is 5.84 Å². The zero-order chi connectivity index (χ0) is 6.15. The Morgan fingerprint density at radius 3 is 2.38 bits per heavy atom. The summed E-state index contributed by atoms with van der Waals surface area (Å²) in [5.41, 5.74) is 0. The first-order chi connectivity index (χ1) is 3.72. The van der Waals surface area contributed by atoms with Crippen molar-refractivity contribution in [3.8, 4) is 0 Å². The third-order valence-corrected chi connectivity index (χ3v) is 1.82. The minimum absolute atomic E-state index is 0.625. The van der Waals surface area contributed by atoms with Gasteiger partial charge in [-0.15, -0.1) is 0 Å². The van der Waals surface area contributed by atoms with Crippen LogP contribution >= 0.6 is 0 Å². The summed E-state index contributed by atoms with van der Waals surface area (Å²) in [4.78, 5) is 0. The van der Waals surface area contributed by atoms with E-state index < -0.39 is 0 Å². The van der Waals surface area contributed by atoms with Gasteiger partial charge in [0.15, 0.2) is 0 Å². The minimum atomic E-state index is 0.625. The monoisotopic (exact) mass is 115 g/mol. The SMILES string of the molecule is CC1CCN(N)N1C. The molecule has 2 N–H and O–H groups in total. The van der Waals surface area contributed by atoms with Crippen molar-refractivity contribution in [2.24, 2.45) is 5.84 Å². The van der Waals surface area contributed by atoms with Gasteiger partial charge in [-0.2, -0.15) is 5.12 Å². The maximum Gasteiger partial charge on any atom is 0.0303 e.